The fraction of sp³-hybridized carbons (Fsp3) is 0.240. The van der Waals surface area contributed by atoms with Crippen molar-refractivity contribution in [1.82, 2.24) is 4.57 Å². The monoisotopic (exact) mass is 480 g/mol. The molecule has 0 bridgehead atoms. The van der Waals surface area contributed by atoms with E-state index >= 15 is 0 Å². The van der Waals surface area contributed by atoms with Crippen LogP contribution in [0.5, 0.6) is 17.2 Å². The number of benzene rings is 2. The van der Waals surface area contributed by atoms with E-state index in [9.17, 15) is 14.7 Å². The van der Waals surface area contributed by atoms with E-state index in [1.54, 1.807) is 62.4 Å². The zero-order chi connectivity index (χ0) is 24.4. The summed E-state index contributed by atoms with van der Waals surface area (Å²) in [5, 5.41) is 9.54. The van der Waals surface area contributed by atoms with Gasteiger partial charge in [0, 0.05) is 0 Å². The lowest BCUT2D eigenvalue weighted by atomic mass is 9.95. The number of methoxy groups -OCH3 is 2. The minimum atomic E-state index is -0.753. The Labute approximate surface area is 199 Å². The largest absolute Gasteiger partial charge is 0.508 e. The Morgan fingerprint density at radius 3 is 2.50 bits per heavy atom. The van der Waals surface area contributed by atoms with Gasteiger partial charge in [0.1, 0.15) is 5.75 Å². The van der Waals surface area contributed by atoms with Crippen LogP contribution >= 0.6 is 11.3 Å². The van der Waals surface area contributed by atoms with Gasteiger partial charge >= 0.3 is 5.97 Å². The van der Waals surface area contributed by atoms with E-state index < -0.39 is 12.0 Å². The van der Waals surface area contributed by atoms with E-state index in [-0.39, 0.29) is 23.5 Å². The lowest BCUT2D eigenvalue weighted by molar-refractivity contribution is -0.139. The molecule has 2 aromatic carbocycles. The van der Waals surface area contributed by atoms with Crippen LogP contribution in [0.3, 0.4) is 0 Å². The van der Waals surface area contributed by atoms with Crippen molar-refractivity contribution >= 4 is 23.4 Å². The topological polar surface area (TPSA) is 99.4 Å². The van der Waals surface area contributed by atoms with Gasteiger partial charge in [-0.05, 0) is 55.3 Å². The van der Waals surface area contributed by atoms with Gasteiger partial charge < -0.3 is 19.3 Å². The Hall–Kier alpha value is -3.85. The SMILES string of the molecule is CCOC(=O)C1=C(C)N=c2s/c(=C/c3ccc(O)cc3)c(=O)n2[C@H]1c1ccc(OC)c(OC)c1. The molecule has 8 nitrogen and oxygen atoms in total. The van der Waals surface area contributed by atoms with Gasteiger partial charge in [-0.25, -0.2) is 9.79 Å². The molecular weight excluding hydrogens is 456 g/mol. The van der Waals surface area contributed by atoms with Crippen molar-refractivity contribution in [1.29, 1.82) is 0 Å². The first kappa shape index (κ1) is 23.3. The number of aromatic nitrogens is 1. The first-order valence-electron chi connectivity index (χ1n) is 10.6. The summed E-state index contributed by atoms with van der Waals surface area (Å²) in [5.74, 6) is 0.617. The predicted molar refractivity (Wildman–Crippen MR) is 128 cm³/mol. The Kier molecular flexibility index (Phi) is 6.56. The van der Waals surface area contributed by atoms with Crippen LogP contribution in [0.4, 0.5) is 0 Å². The molecule has 0 saturated heterocycles. The van der Waals surface area contributed by atoms with Crippen molar-refractivity contribution in [3.8, 4) is 17.2 Å². The predicted octanol–water partition coefficient (Wildman–Crippen LogP) is 2.52. The number of allylic oxidation sites excluding steroid dienone is 1. The van der Waals surface area contributed by atoms with E-state index in [0.717, 1.165) is 5.56 Å². The second-order valence-corrected chi connectivity index (χ2v) is 8.52. The third kappa shape index (κ3) is 4.22. The van der Waals surface area contributed by atoms with Gasteiger partial charge in [0.2, 0.25) is 0 Å². The number of thiazole rings is 1. The normalized spacial score (nSPS) is 15.5. The molecule has 2 heterocycles. The number of esters is 1. The van der Waals surface area contributed by atoms with Crippen molar-refractivity contribution in [2.45, 2.75) is 19.9 Å². The van der Waals surface area contributed by atoms with Crippen LogP contribution in [0, 0.1) is 0 Å². The summed E-state index contributed by atoms with van der Waals surface area (Å²) in [6.07, 6.45) is 1.73. The van der Waals surface area contributed by atoms with Crippen LogP contribution in [0.25, 0.3) is 6.08 Å². The molecule has 1 aliphatic rings. The van der Waals surface area contributed by atoms with Crippen LogP contribution in [0.15, 0.2) is 63.5 Å². The summed E-state index contributed by atoms with van der Waals surface area (Å²) in [7, 11) is 3.07. The number of ether oxygens (including phenoxy) is 3. The molecule has 176 valence electrons. The van der Waals surface area contributed by atoms with Gasteiger partial charge in [-0.1, -0.05) is 29.5 Å². The zero-order valence-corrected chi connectivity index (χ0v) is 20.0. The minimum absolute atomic E-state index is 0.141. The third-order valence-corrected chi connectivity index (χ3v) is 6.41. The molecule has 4 rings (SSSR count). The quantitative estimate of drug-likeness (QED) is 0.545. The molecule has 0 amide bonds. The molecule has 1 aromatic heterocycles. The molecule has 1 atom stereocenters. The van der Waals surface area contributed by atoms with Crippen molar-refractivity contribution in [2.24, 2.45) is 4.99 Å². The molecule has 0 spiro atoms. The third-order valence-electron chi connectivity index (χ3n) is 5.43. The van der Waals surface area contributed by atoms with Crippen LogP contribution in [-0.4, -0.2) is 36.5 Å². The summed E-state index contributed by atoms with van der Waals surface area (Å²) in [6.45, 7) is 3.66. The summed E-state index contributed by atoms with van der Waals surface area (Å²) in [5.41, 5.74) is 1.90. The lowest BCUT2D eigenvalue weighted by Gasteiger charge is -2.25. The van der Waals surface area contributed by atoms with Crippen molar-refractivity contribution in [2.75, 3.05) is 20.8 Å². The fourth-order valence-electron chi connectivity index (χ4n) is 3.85. The number of phenols is 1. The second-order valence-electron chi connectivity index (χ2n) is 7.51. The molecule has 0 aliphatic carbocycles. The van der Waals surface area contributed by atoms with Crippen molar-refractivity contribution < 1.29 is 24.1 Å². The molecule has 34 heavy (non-hydrogen) atoms. The van der Waals surface area contributed by atoms with Crippen LogP contribution in [0.2, 0.25) is 0 Å². The smallest absolute Gasteiger partial charge is 0.338 e. The van der Waals surface area contributed by atoms with Crippen LogP contribution < -0.4 is 24.4 Å². The average molecular weight is 481 g/mol. The second kappa shape index (κ2) is 9.56. The number of hydrogen-bond donors (Lipinski definition) is 1. The van der Waals surface area contributed by atoms with E-state index in [1.807, 2.05) is 0 Å². The number of hydrogen-bond acceptors (Lipinski definition) is 8. The Morgan fingerprint density at radius 2 is 1.85 bits per heavy atom. The molecule has 0 unspecified atom stereocenters. The summed E-state index contributed by atoms with van der Waals surface area (Å²) in [4.78, 5) is 31.6. The fourth-order valence-corrected chi connectivity index (χ4v) is 4.90. The molecule has 1 N–H and O–H groups in total. The number of carbonyl (C=O) groups excluding carboxylic acids is 1. The first-order valence-corrected chi connectivity index (χ1v) is 11.4. The number of rotatable bonds is 6. The van der Waals surface area contributed by atoms with Crippen molar-refractivity contribution in [3.63, 3.8) is 0 Å². The van der Waals surface area contributed by atoms with E-state index in [4.69, 9.17) is 14.2 Å². The number of phenolic OH excluding ortho intramolecular Hbond substituents is 1. The van der Waals surface area contributed by atoms with E-state index in [1.165, 1.54) is 30.1 Å². The Bertz CT molecular complexity index is 1450. The van der Waals surface area contributed by atoms with Gasteiger partial charge in [0.05, 0.1) is 42.7 Å². The highest BCUT2D eigenvalue weighted by molar-refractivity contribution is 7.07. The summed E-state index contributed by atoms with van der Waals surface area (Å²) in [6, 6.07) is 11.1. The highest BCUT2D eigenvalue weighted by Gasteiger charge is 2.33. The highest BCUT2D eigenvalue weighted by atomic mass is 32.1. The van der Waals surface area contributed by atoms with E-state index in [0.29, 0.717) is 32.1 Å². The molecule has 9 heteroatoms. The zero-order valence-electron chi connectivity index (χ0n) is 19.2. The number of carbonyl (C=O) groups is 1. The Morgan fingerprint density at radius 1 is 1.15 bits per heavy atom. The maximum Gasteiger partial charge on any atom is 0.338 e. The highest BCUT2D eigenvalue weighted by Crippen LogP contribution is 2.36. The first-order chi connectivity index (χ1) is 16.4. The van der Waals surface area contributed by atoms with Crippen molar-refractivity contribution in [3.05, 3.63) is 84.5 Å². The molecule has 0 saturated carbocycles. The maximum absolute atomic E-state index is 13.6. The Balaban J connectivity index is 1.96. The van der Waals surface area contributed by atoms with Gasteiger partial charge in [-0.15, -0.1) is 0 Å². The average Bonchev–Trinajstić information content (AvgIpc) is 3.13. The van der Waals surface area contributed by atoms with Gasteiger partial charge in [-0.2, -0.15) is 0 Å². The minimum Gasteiger partial charge on any atom is -0.508 e. The molecule has 0 radical (unpaired) electrons. The number of nitrogens with zero attached hydrogens (tertiary/aromatic N) is 2. The molecule has 1 aliphatic heterocycles. The van der Waals surface area contributed by atoms with Crippen LogP contribution in [-0.2, 0) is 9.53 Å². The number of aromatic hydroxyl groups is 1. The van der Waals surface area contributed by atoms with Gasteiger partial charge in [0.15, 0.2) is 16.3 Å². The lowest BCUT2D eigenvalue weighted by Crippen LogP contribution is -2.39. The van der Waals surface area contributed by atoms with Gasteiger partial charge in [0.25, 0.3) is 5.56 Å². The van der Waals surface area contributed by atoms with Gasteiger partial charge in [-0.3, -0.25) is 9.36 Å². The maximum atomic E-state index is 13.6. The number of fused-ring (bicyclic) bond motifs is 1. The molecule has 0 fully saturated rings. The summed E-state index contributed by atoms with van der Waals surface area (Å²) >= 11 is 1.23. The molecular formula is C25H24N2O6S. The van der Waals surface area contributed by atoms with Crippen LogP contribution in [0.1, 0.15) is 31.0 Å². The standard InChI is InChI=1S/C25H24N2O6S/c1-5-33-24(30)21-14(2)26-25-27(22(21)16-8-11-18(31-3)19(13-16)32-4)23(29)20(34-25)12-15-6-9-17(28)10-7-15/h6-13,22,28H,5H2,1-4H3/b20-12+/t22-/m0/s1. The van der Waals surface area contributed by atoms with E-state index in [2.05, 4.69) is 4.99 Å². The molecule has 3 aromatic rings. The summed E-state index contributed by atoms with van der Waals surface area (Å²) < 4.78 is 18.1.